The fourth-order valence-electron chi connectivity index (χ4n) is 3.72. The van der Waals surface area contributed by atoms with Gasteiger partial charge < -0.3 is 4.57 Å². The summed E-state index contributed by atoms with van der Waals surface area (Å²) in [4.78, 5) is 5.49. The topological polar surface area (TPSA) is 17.3 Å². The normalized spacial score (nSPS) is 16.9. The summed E-state index contributed by atoms with van der Waals surface area (Å²) in [6.07, 6.45) is 3.78. The summed E-state index contributed by atoms with van der Waals surface area (Å²) in [5, 5.41) is 4.96. The van der Waals surface area contributed by atoms with Crippen LogP contribution in [0.1, 0.15) is 30.5 Å². The molecular weight excluding hydrogens is 368 g/mol. The molecule has 3 aromatic rings. The van der Waals surface area contributed by atoms with Gasteiger partial charge in [0.05, 0.1) is 0 Å². The standard InChI is InChI=1S/C19H20N2S.BrH/c1-20-18-21(2)17(13-22-18)19(10-5-11-19)16-9-8-14-6-3-4-7-15(14)12-16;/h3-4,6-9,12-13H,5,10-11H2,1-2H3;1H/b20-18+;. The highest BCUT2D eigenvalue weighted by molar-refractivity contribution is 8.93. The van der Waals surface area contributed by atoms with E-state index in [0.29, 0.717) is 0 Å². The summed E-state index contributed by atoms with van der Waals surface area (Å²) in [6, 6.07) is 15.6. The quantitative estimate of drug-likeness (QED) is 0.598. The average Bonchev–Trinajstić information content (AvgIpc) is 2.88. The van der Waals surface area contributed by atoms with Crippen molar-refractivity contribution in [3.05, 3.63) is 63.9 Å². The van der Waals surface area contributed by atoms with Crippen LogP contribution < -0.4 is 4.80 Å². The van der Waals surface area contributed by atoms with E-state index in [4.69, 9.17) is 0 Å². The Hall–Kier alpha value is -1.39. The maximum absolute atomic E-state index is 4.39. The second-order valence-electron chi connectivity index (χ2n) is 6.18. The molecule has 1 aromatic heterocycles. The smallest absolute Gasteiger partial charge is 0.184 e. The van der Waals surface area contributed by atoms with Crippen molar-refractivity contribution in [3.63, 3.8) is 0 Å². The van der Waals surface area contributed by atoms with E-state index >= 15 is 0 Å². The number of nitrogens with zero attached hydrogens (tertiary/aromatic N) is 2. The predicted molar refractivity (Wildman–Crippen MR) is 104 cm³/mol. The lowest BCUT2D eigenvalue weighted by Crippen LogP contribution is -2.38. The van der Waals surface area contributed by atoms with Crippen molar-refractivity contribution in [2.24, 2.45) is 12.0 Å². The Bertz CT molecular complexity index is 903. The molecule has 0 unspecified atom stereocenters. The summed E-state index contributed by atoms with van der Waals surface area (Å²) >= 11 is 1.75. The van der Waals surface area contributed by atoms with Crippen molar-refractivity contribution < 1.29 is 0 Å². The molecule has 0 spiro atoms. The molecule has 0 aliphatic heterocycles. The molecule has 4 rings (SSSR count). The van der Waals surface area contributed by atoms with Crippen LogP contribution >= 0.6 is 28.3 Å². The van der Waals surface area contributed by atoms with Gasteiger partial charge in [0.1, 0.15) is 0 Å². The molecule has 0 saturated heterocycles. The number of rotatable bonds is 2. The molecule has 0 radical (unpaired) electrons. The Morgan fingerprint density at radius 3 is 2.43 bits per heavy atom. The minimum Gasteiger partial charge on any atom is -0.323 e. The molecule has 0 amide bonds. The van der Waals surface area contributed by atoms with E-state index < -0.39 is 0 Å². The molecule has 2 nitrogen and oxygen atoms in total. The summed E-state index contributed by atoms with van der Waals surface area (Å²) in [6.45, 7) is 0. The van der Waals surface area contributed by atoms with Gasteiger partial charge in [0.2, 0.25) is 0 Å². The van der Waals surface area contributed by atoms with Crippen molar-refractivity contribution in [1.82, 2.24) is 4.57 Å². The van der Waals surface area contributed by atoms with Gasteiger partial charge in [-0.25, -0.2) is 0 Å². The van der Waals surface area contributed by atoms with Gasteiger partial charge in [0, 0.05) is 30.6 Å². The van der Waals surface area contributed by atoms with E-state index in [1.165, 1.54) is 41.3 Å². The molecule has 1 heterocycles. The average molecular weight is 389 g/mol. The Balaban J connectivity index is 0.00000156. The molecule has 0 N–H and O–H groups in total. The number of benzene rings is 2. The van der Waals surface area contributed by atoms with Crippen molar-refractivity contribution in [1.29, 1.82) is 0 Å². The maximum atomic E-state index is 4.39. The van der Waals surface area contributed by atoms with Gasteiger partial charge in [-0.1, -0.05) is 48.9 Å². The maximum Gasteiger partial charge on any atom is 0.184 e. The predicted octanol–water partition coefficient (Wildman–Crippen LogP) is 4.82. The molecule has 0 atom stereocenters. The molecule has 1 aliphatic rings. The van der Waals surface area contributed by atoms with Gasteiger partial charge in [-0.05, 0) is 29.2 Å². The Labute approximate surface area is 151 Å². The first-order valence-electron chi connectivity index (χ1n) is 7.82. The van der Waals surface area contributed by atoms with Gasteiger partial charge >= 0.3 is 0 Å². The fraction of sp³-hybridized carbons (Fsp3) is 0.316. The van der Waals surface area contributed by atoms with Crippen LogP contribution in [0, 0.1) is 0 Å². The molecule has 0 bridgehead atoms. The number of hydrogen-bond donors (Lipinski definition) is 0. The number of hydrogen-bond acceptors (Lipinski definition) is 2. The summed E-state index contributed by atoms with van der Waals surface area (Å²) in [5.74, 6) is 0. The van der Waals surface area contributed by atoms with Crippen LogP contribution in [0.5, 0.6) is 0 Å². The van der Waals surface area contributed by atoms with E-state index in [2.05, 4.69) is 64.5 Å². The summed E-state index contributed by atoms with van der Waals surface area (Å²) < 4.78 is 2.28. The first-order chi connectivity index (χ1) is 10.7. The van der Waals surface area contributed by atoms with Crippen LogP contribution in [0.3, 0.4) is 0 Å². The number of thiazole rings is 1. The van der Waals surface area contributed by atoms with Crippen molar-refractivity contribution in [3.8, 4) is 0 Å². The SMILES string of the molecule is Br.C/N=c1/scc(C2(c3ccc4ccccc4c3)CCC2)n1C. The van der Waals surface area contributed by atoms with Crippen LogP contribution in [-0.2, 0) is 12.5 Å². The zero-order valence-corrected chi connectivity index (χ0v) is 16.0. The lowest BCUT2D eigenvalue weighted by atomic mass is 9.62. The van der Waals surface area contributed by atoms with Gasteiger partial charge in [-0.15, -0.1) is 28.3 Å². The summed E-state index contributed by atoms with van der Waals surface area (Å²) in [7, 11) is 4.02. The lowest BCUT2D eigenvalue weighted by molar-refractivity contribution is 0.286. The van der Waals surface area contributed by atoms with Gasteiger partial charge in [-0.3, -0.25) is 4.99 Å². The molecule has 2 aromatic carbocycles. The first-order valence-corrected chi connectivity index (χ1v) is 8.70. The highest BCUT2D eigenvalue weighted by Crippen LogP contribution is 2.49. The van der Waals surface area contributed by atoms with Crippen LogP contribution in [0.25, 0.3) is 10.8 Å². The van der Waals surface area contributed by atoms with Crippen molar-refractivity contribution in [2.75, 3.05) is 7.05 Å². The Kier molecular flexibility index (Phi) is 4.47. The molecule has 1 saturated carbocycles. The molecule has 120 valence electrons. The second kappa shape index (κ2) is 6.25. The van der Waals surface area contributed by atoms with Crippen LogP contribution in [0.15, 0.2) is 52.8 Å². The lowest BCUT2D eigenvalue weighted by Gasteiger charge is -2.42. The number of halogens is 1. The third kappa shape index (κ3) is 2.48. The number of aromatic nitrogens is 1. The third-order valence-electron chi connectivity index (χ3n) is 5.12. The zero-order valence-electron chi connectivity index (χ0n) is 13.5. The number of fused-ring (bicyclic) bond motifs is 1. The molecule has 23 heavy (non-hydrogen) atoms. The van der Waals surface area contributed by atoms with Crippen molar-refractivity contribution in [2.45, 2.75) is 24.7 Å². The van der Waals surface area contributed by atoms with Gasteiger partial charge in [0.15, 0.2) is 4.80 Å². The van der Waals surface area contributed by atoms with Crippen LogP contribution in [0.4, 0.5) is 0 Å². The van der Waals surface area contributed by atoms with E-state index in [-0.39, 0.29) is 22.4 Å². The second-order valence-corrected chi connectivity index (χ2v) is 7.02. The largest absolute Gasteiger partial charge is 0.323 e. The van der Waals surface area contributed by atoms with E-state index in [1.807, 2.05) is 7.05 Å². The van der Waals surface area contributed by atoms with Crippen LogP contribution in [0.2, 0.25) is 0 Å². The highest BCUT2D eigenvalue weighted by Gasteiger charge is 2.42. The highest BCUT2D eigenvalue weighted by atomic mass is 79.9. The van der Waals surface area contributed by atoms with Crippen molar-refractivity contribution >= 4 is 39.1 Å². The zero-order chi connectivity index (χ0) is 15.2. The van der Waals surface area contributed by atoms with E-state index in [1.54, 1.807) is 11.3 Å². The Morgan fingerprint density at radius 1 is 1.09 bits per heavy atom. The Morgan fingerprint density at radius 2 is 1.83 bits per heavy atom. The minimum atomic E-state index is 0. The van der Waals surface area contributed by atoms with Crippen LogP contribution in [-0.4, -0.2) is 11.6 Å². The first kappa shape index (κ1) is 16.5. The monoisotopic (exact) mass is 388 g/mol. The molecule has 1 aliphatic carbocycles. The fourth-order valence-corrected chi connectivity index (χ4v) is 4.68. The molecular formula is C19H21BrN2S. The van der Waals surface area contributed by atoms with E-state index in [9.17, 15) is 0 Å². The van der Waals surface area contributed by atoms with Gasteiger partial charge in [-0.2, -0.15) is 0 Å². The third-order valence-corrected chi connectivity index (χ3v) is 6.12. The molecule has 1 fully saturated rings. The summed E-state index contributed by atoms with van der Waals surface area (Å²) in [5.41, 5.74) is 3.05. The van der Waals surface area contributed by atoms with Gasteiger partial charge in [0.25, 0.3) is 0 Å². The van der Waals surface area contributed by atoms with E-state index in [0.717, 1.165) is 4.80 Å². The molecule has 4 heteroatoms. The minimum absolute atomic E-state index is 0.